The molecule has 0 bridgehead atoms. The summed E-state index contributed by atoms with van der Waals surface area (Å²) in [5, 5.41) is 0. The predicted molar refractivity (Wildman–Crippen MR) is 56.5 cm³/mol. The summed E-state index contributed by atoms with van der Waals surface area (Å²) in [5.74, 6) is 0.935. The van der Waals surface area contributed by atoms with Crippen molar-refractivity contribution < 1.29 is 9.53 Å². The number of benzene rings is 1. The predicted octanol–water partition coefficient (Wildman–Crippen LogP) is 2.38. The Morgan fingerprint density at radius 2 is 2.00 bits per heavy atom. The molecule has 0 saturated heterocycles. The van der Waals surface area contributed by atoms with E-state index in [4.69, 9.17) is 4.74 Å². The van der Waals surface area contributed by atoms with Gasteiger partial charge in [0.15, 0.2) is 5.78 Å². The highest BCUT2D eigenvalue weighted by atomic mass is 16.5. The van der Waals surface area contributed by atoms with E-state index in [1.165, 1.54) is 0 Å². The van der Waals surface area contributed by atoms with E-state index in [0.717, 1.165) is 11.3 Å². The molecule has 0 amide bonds. The molecular formula is C12H14O2. The van der Waals surface area contributed by atoms with Crippen molar-refractivity contribution in [2.75, 3.05) is 7.11 Å². The first-order valence-corrected chi connectivity index (χ1v) is 4.54. The first-order valence-electron chi connectivity index (χ1n) is 4.54. The van der Waals surface area contributed by atoms with Crippen molar-refractivity contribution >= 4 is 5.78 Å². The van der Waals surface area contributed by atoms with Crippen molar-refractivity contribution in [1.29, 1.82) is 0 Å². The molecule has 1 rings (SSSR count). The van der Waals surface area contributed by atoms with Gasteiger partial charge >= 0.3 is 0 Å². The smallest absolute Gasteiger partial charge is 0.159 e. The van der Waals surface area contributed by atoms with Gasteiger partial charge in [-0.2, -0.15) is 0 Å². The van der Waals surface area contributed by atoms with Crippen LogP contribution in [0.15, 0.2) is 36.4 Å². The number of carbonyl (C=O) groups excluding carboxylic acids is 1. The van der Waals surface area contributed by atoms with Crippen LogP contribution < -0.4 is 4.74 Å². The van der Waals surface area contributed by atoms with Gasteiger partial charge in [-0.3, -0.25) is 4.79 Å². The van der Waals surface area contributed by atoms with Gasteiger partial charge in [0, 0.05) is 6.42 Å². The third-order valence-corrected chi connectivity index (χ3v) is 1.89. The molecule has 0 unspecified atom stereocenters. The van der Waals surface area contributed by atoms with E-state index in [-0.39, 0.29) is 5.78 Å². The zero-order chi connectivity index (χ0) is 10.4. The van der Waals surface area contributed by atoms with Crippen LogP contribution in [0.3, 0.4) is 0 Å². The summed E-state index contributed by atoms with van der Waals surface area (Å²) in [6.45, 7) is 1.84. The van der Waals surface area contributed by atoms with E-state index in [0.29, 0.717) is 6.42 Å². The minimum absolute atomic E-state index is 0.123. The lowest BCUT2D eigenvalue weighted by molar-refractivity contribution is -0.114. The van der Waals surface area contributed by atoms with Gasteiger partial charge in [0.25, 0.3) is 0 Å². The molecule has 0 N–H and O–H groups in total. The summed E-state index contributed by atoms with van der Waals surface area (Å²) < 4.78 is 5.02. The third-order valence-electron chi connectivity index (χ3n) is 1.89. The van der Waals surface area contributed by atoms with Gasteiger partial charge in [-0.05, 0) is 30.7 Å². The lowest BCUT2D eigenvalue weighted by Gasteiger charge is -2.00. The van der Waals surface area contributed by atoms with Crippen LogP contribution in [-0.2, 0) is 11.2 Å². The maximum atomic E-state index is 11.2. The molecule has 2 nitrogen and oxygen atoms in total. The molecule has 1 aromatic rings. The van der Waals surface area contributed by atoms with E-state index < -0.39 is 0 Å². The van der Waals surface area contributed by atoms with E-state index >= 15 is 0 Å². The number of carbonyl (C=O) groups is 1. The summed E-state index contributed by atoms with van der Waals surface area (Å²) in [6, 6.07) is 7.52. The summed E-state index contributed by atoms with van der Waals surface area (Å²) >= 11 is 0. The zero-order valence-electron chi connectivity index (χ0n) is 8.49. The Bertz CT molecular complexity index is 323. The highest BCUT2D eigenvalue weighted by Crippen LogP contribution is 2.11. The molecule has 0 atom stereocenters. The molecule has 14 heavy (non-hydrogen) atoms. The van der Waals surface area contributed by atoms with Crippen molar-refractivity contribution in [2.24, 2.45) is 0 Å². The summed E-state index contributed by atoms with van der Waals surface area (Å²) in [6.07, 6.45) is 3.80. The molecular weight excluding hydrogens is 176 g/mol. The maximum absolute atomic E-state index is 11.2. The molecule has 0 aliphatic carbocycles. The third kappa shape index (κ3) is 3.05. The van der Waals surface area contributed by atoms with Gasteiger partial charge in [-0.1, -0.05) is 18.2 Å². The fourth-order valence-electron chi connectivity index (χ4n) is 1.19. The van der Waals surface area contributed by atoms with Crippen LogP contribution in [0, 0.1) is 0 Å². The van der Waals surface area contributed by atoms with Gasteiger partial charge in [-0.25, -0.2) is 0 Å². The molecule has 0 aliphatic rings. The van der Waals surface area contributed by atoms with Crippen LogP contribution >= 0.6 is 0 Å². The minimum atomic E-state index is 0.123. The highest BCUT2D eigenvalue weighted by molar-refractivity contribution is 5.91. The minimum Gasteiger partial charge on any atom is -0.497 e. The standard InChI is InChI=1S/C12H14O2/c1-3-4-11(13)9-10-5-7-12(14-2)8-6-10/h3-8H,9H2,1-2H3. The number of hydrogen-bond acceptors (Lipinski definition) is 2. The summed E-state index contributed by atoms with van der Waals surface area (Å²) in [7, 11) is 1.62. The first-order chi connectivity index (χ1) is 6.76. The summed E-state index contributed by atoms with van der Waals surface area (Å²) in [5.41, 5.74) is 1.01. The van der Waals surface area contributed by atoms with Crippen molar-refractivity contribution in [3.63, 3.8) is 0 Å². The number of allylic oxidation sites excluding steroid dienone is 2. The second-order valence-electron chi connectivity index (χ2n) is 2.99. The van der Waals surface area contributed by atoms with Crippen LogP contribution in [0.25, 0.3) is 0 Å². The van der Waals surface area contributed by atoms with Crippen LogP contribution in [0.1, 0.15) is 12.5 Å². The second-order valence-corrected chi connectivity index (χ2v) is 2.99. The van der Waals surface area contributed by atoms with E-state index in [1.54, 1.807) is 19.3 Å². The second kappa shape index (κ2) is 5.22. The lowest BCUT2D eigenvalue weighted by Crippen LogP contribution is -1.97. The average molecular weight is 190 g/mol. The molecule has 2 heteroatoms. The van der Waals surface area contributed by atoms with Gasteiger partial charge in [0.1, 0.15) is 5.75 Å². The van der Waals surface area contributed by atoms with Gasteiger partial charge in [0.2, 0.25) is 0 Å². The van der Waals surface area contributed by atoms with E-state index in [9.17, 15) is 4.79 Å². The molecule has 0 radical (unpaired) electrons. The Morgan fingerprint density at radius 1 is 1.36 bits per heavy atom. The number of rotatable bonds is 4. The average Bonchev–Trinajstić information content (AvgIpc) is 2.19. The molecule has 74 valence electrons. The normalized spacial score (nSPS) is 10.4. The lowest BCUT2D eigenvalue weighted by atomic mass is 10.1. The first kappa shape index (κ1) is 10.5. The SMILES string of the molecule is CC=CC(=O)Cc1ccc(OC)cc1. The van der Waals surface area contributed by atoms with Crippen LogP contribution in [0.5, 0.6) is 5.75 Å². The largest absolute Gasteiger partial charge is 0.497 e. The number of methoxy groups -OCH3 is 1. The van der Waals surface area contributed by atoms with E-state index in [1.807, 2.05) is 31.2 Å². The summed E-state index contributed by atoms with van der Waals surface area (Å²) in [4.78, 5) is 11.2. The maximum Gasteiger partial charge on any atom is 0.159 e. The van der Waals surface area contributed by atoms with Crippen molar-refractivity contribution in [3.8, 4) is 5.75 Å². The molecule has 1 aromatic carbocycles. The van der Waals surface area contributed by atoms with Crippen LogP contribution in [0.2, 0.25) is 0 Å². The topological polar surface area (TPSA) is 26.3 Å². The monoisotopic (exact) mass is 190 g/mol. The Labute approximate surface area is 84.2 Å². The Hall–Kier alpha value is -1.57. The fourth-order valence-corrected chi connectivity index (χ4v) is 1.19. The van der Waals surface area contributed by atoms with Gasteiger partial charge in [-0.15, -0.1) is 0 Å². The highest BCUT2D eigenvalue weighted by Gasteiger charge is 1.99. The van der Waals surface area contributed by atoms with Crippen LogP contribution in [0.4, 0.5) is 0 Å². The van der Waals surface area contributed by atoms with Crippen molar-refractivity contribution in [3.05, 3.63) is 42.0 Å². The van der Waals surface area contributed by atoms with Crippen molar-refractivity contribution in [2.45, 2.75) is 13.3 Å². The molecule has 0 heterocycles. The number of ketones is 1. The van der Waals surface area contributed by atoms with Gasteiger partial charge < -0.3 is 4.74 Å². The number of ether oxygens (including phenoxy) is 1. The Kier molecular flexibility index (Phi) is 3.92. The zero-order valence-corrected chi connectivity index (χ0v) is 8.49. The van der Waals surface area contributed by atoms with Crippen LogP contribution in [-0.4, -0.2) is 12.9 Å². The molecule has 0 fully saturated rings. The van der Waals surface area contributed by atoms with Crippen molar-refractivity contribution in [1.82, 2.24) is 0 Å². The molecule has 0 saturated carbocycles. The molecule has 0 aliphatic heterocycles. The quantitative estimate of drug-likeness (QED) is 0.681. The number of hydrogen-bond donors (Lipinski definition) is 0. The molecule has 0 spiro atoms. The van der Waals surface area contributed by atoms with E-state index in [2.05, 4.69) is 0 Å². The molecule has 0 aromatic heterocycles. The Balaban J connectivity index is 2.64. The van der Waals surface area contributed by atoms with Gasteiger partial charge in [0.05, 0.1) is 7.11 Å². The Morgan fingerprint density at radius 3 is 2.50 bits per heavy atom. The fraction of sp³-hybridized carbons (Fsp3) is 0.250.